The molecule has 0 saturated carbocycles. The predicted molar refractivity (Wildman–Crippen MR) is 76.6 cm³/mol. The molecule has 0 aromatic carbocycles. The fourth-order valence-electron chi connectivity index (χ4n) is 2.22. The summed E-state index contributed by atoms with van der Waals surface area (Å²) in [5.74, 6) is 2.91. The third-order valence-corrected chi connectivity index (χ3v) is 4.30. The standard InChI is InChI=1S/C13H21N3O2S/c1-9(8-12-10(2)15-18-11(12)3)14-13(17)16-4-6-19-7-5-16/h9H,4-8H2,1-3H3,(H,14,17). The number of nitrogens with zero attached hydrogens (tertiary/aromatic N) is 2. The fraction of sp³-hybridized carbons (Fsp3) is 0.692. The van der Waals surface area contributed by atoms with Crippen LogP contribution in [0.1, 0.15) is 23.9 Å². The lowest BCUT2D eigenvalue weighted by Crippen LogP contribution is -2.47. The normalized spacial score (nSPS) is 17.3. The number of amides is 2. The number of thioether (sulfide) groups is 1. The Morgan fingerprint density at radius 2 is 2.16 bits per heavy atom. The highest BCUT2D eigenvalue weighted by Crippen LogP contribution is 2.15. The van der Waals surface area contributed by atoms with Crippen LogP contribution < -0.4 is 5.32 Å². The van der Waals surface area contributed by atoms with Gasteiger partial charge in [0.15, 0.2) is 0 Å². The zero-order valence-electron chi connectivity index (χ0n) is 11.7. The third kappa shape index (κ3) is 3.65. The van der Waals surface area contributed by atoms with Crippen molar-refractivity contribution in [2.45, 2.75) is 33.2 Å². The van der Waals surface area contributed by atoms with Gasteiger partial charge < -0.3 is 14.7 Å². The van der Waals surface area contributed by atoms with E-state index in [2.05, 4.69) is 10.5 Å². The number of urea groups is 1. The monoisotopic (exact) mass is 283 g/mol. The van der Waals surface area contributed by atoms with Gasteiger partial charge in [-0.2, -0.15) is 11.8 Å². The van der Waals surface area contributed by atoms with Gasteiger partial charge in [-0.05, 0) is 27.2 Å². The van der Waals surface area contributed by atoms with Crippen molar-refractivity contribution >= 4 is 17.8 Å². The van der Waals surface area contributed by atoms with Gasteiger partial charge in [0.05, 0.1) is 5.69 Å². The van der Waals surface area contributed by atoms with E-state index in [1.165, 1.54) is 0 Å². The fourth-order valence-corrected chi connectivity index (χ4v) is 3.12. The molecule has 1 saturated heterocycles. The lowest BCUT2D eigenvalue weighted by molar-refractivity contribution is 0.199. The van der Waals surface area contributed by atoms with Crippen molar-refractivity contribution in [3.05, 3.63) is 17.0 Å². The second kappa shape index (κ2) is 6.32. The first-order valence-electron chi connectivity index (χ1n) is 6.63. The zero-order chi connectivity index (χ0) is 13.8. The third-order valence-electron chi connectivity index (χ3n) is 3.36. The van der Waals surface area contributed by atoms with Gasteiger partial charge in [0.1, 0.15) is 5.76 Å². The molecule has 1 N–H and O–H groups in total. The number of aromatic nitrogens is 1. The molecule has 6 heteroatoms. The molecule has 0 radical (unpaired) electrons. The average molecular weight is 283 g/mol. The van der Waals surface area contributed by atoms with Crippen LogP contribution in [0.4, 0.5) is 4.79 Å². The van der Waals surface area contributed by atoms with E-state index in [9.17, 15) is 4.79 Å². The Morgan fingerprint density at radius 1 is 1.47 bits per heavy atom. The zero-order valence-corrected chi connectivity index (χ0v) is 12.5. The number of hydrogen-bond acceptors (Lipinski definition) is 4. The van der Waals surface area contributed by atoms with Crippen LogP contribution in [0.5, 0.6) is 0 Å². The van der Waals surface area contributed by atoms with Crippen LogP contribution in [0.3, 0.4) is 0 Å². The summed E-state index contributed by atoms with van der Waals surface area (Å²) >= 11 is 1.90. The van der Waals surface area contributed by atoms with Gasteiger partial charge in [-0.15, -0.1) is 0 Å². The molecule has 0 bridgehead atoms. The summed E-state index contributed by atoms with van der Waals surface area (Å²) in [6.07, 6.45) is 0.759. The molecule has 1 unspecified atom stereocenters. The van der Waals surface area contributed by atoms with Crippen LogP contribution in [0, 0.1) is 13.8 Å². The van der Waals surface area contributed by atoms with Crippen molar-refractivity contribution < 1.29 is 9.32 Å². The van der Waals surface area contributed by atoms with Crippen molar-refractivity contribution in [2.24, 2.45) is 0 Å². The maximum Gasteiger partial charge on any atom is 0.317 e. The van der Waals surface area contributed by atoms with Gasteiger partial charge in [-0.3, -0.25) is 0 Å². The first-order valence-corrected chi connectivity index (χ1v) is 7.78. The predicted octanol–water partition coefficient (Wildman–Crippen LogP) is 1.98. The summed E-state index contributed by atoms with van der Waals surface area (Å²) in [6, 6.07) is 0.124. The van der Waals surface area contributed by atoms with E-state index in [0.29, 0.717) is 0 Å². The molecule has 2 rings (SSSR count). The molecule has 1 aliphatic heterocycles. The van der Waals surface area contributed by atoms with E-state index < -0.39 is 0 Å². The molecule has 1 aromatic rings. The minimum Gasteiger partial charge on any atom is -0.361 e. The van der Waals surface area contributed by atoms with Gasteiger partial charge in [0.2, 0.25) is 0 Å². The van der Waals surface area contributed by atoms with Gasteiger partial charge in [-0.1, -0.05) is 5.16 Å². The molecule has 19 heavy (non-hydrogen) atoms. The number of carbonyl (C=O) groups is 1. The van der Waals surface area contributed by atoms with Crippen LogP contribution in [0.2, 0.25) is 0 Å². The van der Waals surface area contributed by atoms with Crippen molar-refractivity contribution in [2.75, 3.05) is 24.6 Å². The molecule has 5 nitrogen and oxygen atoms in total. The maximum atomic E-state index is 12.1. The Bertz CT molecular complexity index is 422. The quantitative estimate of drug-likeness (QED) is 0.921. The SMILES string of the molecule is Cc1noc(C)c1CC(C)NC(=O)N1CCSCC1. The number of rotatable bonds is 3. The maximum absolute atomic E-state index is 12.1. The summed E-state index contributed by atoms with van der Waals surface area (Å²) in [5, 5.41) is 6.99. The minimum absolute atomic E-state index is 0.0413. The number of aryl methyl sites for hydroxylation is 2. The molecular weight excluding hydrogens is 262 g/mol. The first kappa shape index (κ1) is 14.2. The summed E-state index contributed by atoms with van der Waals surface area (Å²) < 4.78 is 5.14. The van der Waals surface area contributed by atoms with Crippen molar-refractivity contribution in [3.63, 3.8) is 0 Å². The Balaban J connectivity index is 1.87. The molecule has 1 fully saturated rings. The molecule has 0 aliphatic carbocycles. The first-order chi connectivity index (χ1) is 9.08. The van der Waals surface area contributed by atoms with E-state index >= 15 is 0 Å². The van der Waals surface area contributed by atoms with E-state index in [4.69, 9.17) is 4.52 Å². The van der Waals surface area contributed by atoms with Gasteiger partial charge in [0, 0.05) is 36.2 Å². The van der Waals surface area contributed by atoms with Crippen molar-refractivity contribution in [3.8, 4) is 0 Å². The van der Waals surface area contributed by atoms with E-state index in [1.54, 1.807) is 0 Å². The summed E-state index contributed by atoms with van der Waals surface area (Å²) in [7, 11) is 0. The average Bonchev–Trinajstić information content (AvgIpc) is 2.71. The lowest BCUT2D eigenvalue weighted by Gasteiger charge is -2.28. The van der Waals surface area contributed by atoms with Crippen LogP contribution in [0.15, 0.2) is 4.52 Å². The lowest BCUT2D eigenvalue weighted by atomic mass is 10.1. The Morgan fingerprint density at radius 3 is 2.74 bits per heavy atom. The Kier molecular flexibility index (Phi) is 4.74. The van der Waals surface area contributed by atoms with Crippen LogP contribution in [-0.4, -0.2) is 46.7 Å². The molecule has 1 aromatic heterocycles. The van der Waals surface area contributed by atoms with E-state index in [1.807, 2.05) is 37.4 Å². The Hall–Kier alpha value is -1.17. The molecular formula is C13H21N3O2S. The second-order valence-electron chi connectivity index (χ2n) is 4.96. The summed E-state index contributed by atoms with van der Waals surface area (Å²) in [5.41, 5.74) is 2.01. The highest BCUT2D eigenvalue weighted by molar-refractivity contribution is 7.99. The number of hydrogen-bond donors (Lipinski definition) is 1. The van der Waals surface area contributed by atoms with Crippen LogP contribution >= 0.6 is 11.8 Å². The molecule has 1 aliphatic rings. The van der Waals surface area contributed by atoms with E-state index in [-0.39, 0.29) is 12.1 Å². The van der Waals surface area contributed by atoms with Gasteiger partial charge in [0.25, 0.3) is 0 Å². The highest BCUT2D eigenvalue weighted by atomic mass is 32.2. The molecule has 2 amide bonds. The minimum atomic E-state index is 0.0413. The summed E-state index contributed by atoms with van der Waals surface area (Å²) in [4.78, 5) is 14.0. The highest BCUT2D eigenvalue weighted by Gasteiger charge is 2.19. The molecule has 1 atom stereocenters. The van der Waals surface area contributed by atoms with Crippen LogP contribution in [-0.2, 0) is 6.42 Å². The molecule has 106 valence electrons. The molecule has 0 spiro atoms. The van der Waals surface area contributed by atoms with E-state index in [0.717, 1.165) is 48.0 Å². The second-order valence-corrected chi connectivity index (χ2v) is 6.18. The van der Waals surface area contributed by atoms with Gasteiger partial charge in [-0.25, -0.2) is 4.79 Å². The summed E-state index contributed by atoms with van der Waals surface area (Å²) in [6.45, 7) is 7.54. The van der Waals surface area contributed by atoms with Gasteiger partial charge >= 0.3 is 6.03 Å². The van der Waals surface area contributed by atoms with Crippen molar-refractivity contribution in [1.29, 1.82) is 0 Å². The molecule has 2 heterocycles. The largest absolute Gasteiger partial charge is 0.361 e. The number of nitrogens with one attached hydrogen (secondary N) is 1. The topological polar surface area (TPSA) is 58.4 Å². The smallest absolute Gasteiger partial charge is 0.317 e. The number of carbonyl (C=O) groups excluding carboxylic acids is 1. The van der Waals surface area contributed by atoms with Crippen molar-refractivity contribution in [1.82, 2.24) is 15.4 Å². The Labute approximate surface area is 118 Å². The van der Waals surface area contributed by atoms with Crippen LogP contribution in [0.25, 0.3) is 0 Å².